The highest BCUT2D eigenvalue weighted by atomic mass is 32.1. The first-order valence-corrected chi connectivity index (χ1v) is 7.60. The van der Waals surface area contributed by atoms with E-state index in [2.05, 4.69) is 4.98 Å². The zero-order valence-electron chi connectivity index (χ0n) is 11.5. The summed E-state index contributed by atoms with van der Waals surface area (Å²) in [6, 6.07) is 8.11. The second-order valence-electron chi connectivity index (χ2n) is 4.63. The maximum atomic E-state index is 10.4. The number of rotatable bonds is 5. The van der Waals surface area contributed by atoms with E-state index in [0.717, 1.165) is 33.1 Å². The van der Waals surface area contributed by atoms with Crippen LogP contribution >= 0.6 is 23.6 Å². The van der Waals surface area contributed by atoms with E-state index in [-0.39, 0.29) is 0 Å². The second kappa shape index (κ2) is 6.72. The highest BCUT2D eigenvalue weighted by Crippen LogP contribution is 2.24. The number of aryl methyl sites for hydroxylation is 1. The minimum absolute atomic E-state index is 0.527. The molecule has 0 aliphatic carbocycles. The molecule has 0 N–H and O–H groups in total. The first-order chi connectivity index (χ1) is 9.61. The summed E-state index contributed by atoms with van der Waals surface area (Å²) in [5, 5.41) is 2.99. The van der Waals surface area contributed by atoms with Gasteiger partial charge in [0.25, 0.3) is 0 Å². The second-order valence-corrected chi connectivity index (χ2v) is 5.87. The van der Waals surface area contributed by atoms with Crippen LogP contribution in [0.2, 0.25) is 0 Å². The number of aldehydes is 1. The summed E-state index contributed by atoms with van der Waals surface area (Å²) in [5.41, 5.74) is 3.09. The van der Waals surface area contributed by atoms with Gasteiger partial charge < -0.3 is 9.69 Å². The maximum Gasteiger partial charge on any atom is 0.123 e. The number of thiocarbonyl (C=S) groups is 1. The third kappa shape index (κ3) is 3.49. The molecule has 0 fully saturated rings. The molecule has 0 radical (unpaired) electrons. The van der Waals surface area contributed by atoms with Crippen molar-refractivity contribution in [1.29, 1.82) is 0 Å². The molecule has 0 aliphatic heterocycles. The van der Waals surface area contributed by atoms with E-state index in [4.69, 9.17) is 12.2 Å². The molecule has 1 aromatic heterocycles. The molecule has 0 aliphatic rings. The Morgan fingerprint density at radius 3 is 2.65 bits per heavy atom. The number of benzene rings is 1. The van der Waals surface area contributed by atoms with E-state index in [0.29, 0.717) is 12.8 Å². The third-order valence-corrected chi connectivity index (χ3v) is 4.40. The van der Waals surface area contributed by atoms with Crippen molar-refractivity contribution < 1.29 is 4.79 Å². The fourth-order valence-electron chi connectivity index (χ4n) is 1.77. The quantitative estimate of drug-likeness (QED) is 0.627. The van der Waals surface area contributed by atoms with E-state index >= 15 is 0 Å². The molecule has 3 nitrogen and oxygen atoms in total. The molecule has 104 valence electrons. The van der Waals surface area contributed by atoms with Crippen molar-refractivity contribution >= 4 is 34.8 Å². The molecule has 0 unspecified atom stereocenters. The molecule has 0 spiro atoms. The lowest BCUT2D eigenvalue weighted by Crippen LogP contribution is -2.20. The minimum atomic E-state index is 0.527. The molecule has 0 saturated carbocycles. The topological polar surface area (TPSA) is 33.2 Å². The highest BCUT2D eigenvalue weighted by Gasteiger charge is 2.07. The Labute approximate surface area is 128 Å². The van der Waals surface area contributed by atoms with E-state index in [1.165, 1.54) is 0 Å². The van der Waals surface area contributed by atoms with Gasteiger partial charge in [0.1, 0.15) is 16.3 Å². The molecule has 0 amide bonds. The van der Waals surface area contributed by atoms with Crippen LogP contribution in [-0.4, -0.2) is 35.3 Å². The average molecular weight is 304 g/mol. The average Bonchev–Trinajstić information content (AvgIpc) is 2.93. The molecule has 1 heterocycles. The molecule has 0 atom stereocenters. The van der Waals surface area contributed by atoms with Crippen molar-refractivity contribution in [3.05, 3.63) is 40.9 Å². The Morgan fingerprint density at radius 2 is 2.05 bits per heavy atom. The van der Waals surface area contributed by atoms with Gasteiger partial charge in [-0.1, -0.05) is 36.5 Å². The van der Waals surface area contributed by atoms with Crippen molar-refractivity contribution in [3.63, 3.8) is 0 Å². The van der Waals surface area contributed by atoms with Gasteiger partial charge >= 0.3 is 0 Å². The summed E-state index contributed by atoms with van der Waals surface area (Å²) in [6.07, 6.45) is 2.16. The Hall–Kier alpha value is -1.59. The van der Waals surface area contributed by atoms with Gasteiger partial charge in [0.2, 0.25) is 0 Å². The summed E-state index contributed by atoms with van der Waals surface area (Å²) >= 11 is 6.94. The normalized spacial score (nSPS) is 10.3. The van der Waals surface area contributed by atoms with E-state index < -0.39 is 0 Å². The summed E-state index contributed by atoms with van der Waals surface area (Å²) < 4.78 is 0. The van der Waals surface area contributed by atoms with Crippen molar-refractivity contribution in [3.8, 4) is 10.6 Å². The van der Waals surface area contributed by atoms with Crippen LogP contribution in [0.4, 0.5) is 0 Å². The lowest BCUT2D eigenvalue weighted by Gasteiger charge is -2.13. The Morgan fingerprint density at radius 1 is 1.35 bits per heavy atom. The van der Waals surface area contributed by atoms with Gasteiger partial charge in [-0.2, -0.15) is 0 Å². The number of thiazole rings is 1. The predicted octanol–water partition coefficient (Wildman–Crippen LogP) is 3.18. The van der Waals surface area contributed by atoms with Crippen LogP contribution in [0.3, 0.4) is 0 Å². The Kier molecular flexibility index (Phi) is 4.98. The summed E-state index contributed by atoms with van der Waals surface area (Å²) in [6.45, 7) is 0. The fraction of sp³-hybridized carbons (Fsp3) is 0.267. The standard InChI is InChI=1S/C15H16N2OS2/c1-17(2)15(19)12-7-5-11(6-8-12)14-16-13(10-20-14)4-3-9-18/h5-10H,3-4H2,1-2H3. The van der Waals surface area contributed by atoms with Crippen LogP contribution in [-0.2, 0) is 11.2 Å². The van der Waals surface area contributed by atoms with Gasteiger partial charge in [0.05, 0.1) is 5.69 Å². The molecule has 1 aromatic carbocycles. The van der Waals surface area contributed by atoms with Crippen molar-refractivity contribution in [2.75, 3.05) is 14.1 Å². The largest absolute Gasteiger partial charge is 0.368 e. The van der Waals surface area contributed by atoms with Gasteiger partial charge in [0.15, 0.2) is 0 Å². The van der Waals surface area contributed by atoms with Crippen LogP contribution in [0.25, 0.3) is 10.6 Å². The van der Waals surface area contributed by atoms with Crippen molar-refractivity contribution in [2.45, 2.75) is 12.8 Å². The zero-order chi connectivity index (χ0) is 14.5. The number of carbonyl (C=O) groups is 1. The number of carbonyl (C=O) groups excluding carboxylic acids is 1. The lowest BCUT2D eigenvalue weighted by molar-refractivity contribution is -0.107. The van der Waals surface area contributed by atoms with E-state index in [1.807, 2.05) is 48.6 Å². The van der Waals surface area contributed by atoms with Gasteiger partial charge in [-0.3, -0.25) is 0 Å². The zero-order valence-corrected chi connectivity index (χ0v) is 13.1. The molecule has 0 bridgehead atoms. The Balaban J connectivity index is 2.15. The molecular formula is C15H16N2OS2. The van der Waals surface area contributed by atoms with Crippen LogP contribution < -0.4 is 0 Å². The van der Waals surface area contributed by atoms with Crippen molar-refractivity contribution in [1.82, 2.24) is 9.88 Å². The fourth-order valence-corrected chi connectivity index (χ4v) is 2.77. The van der Waals surface area contributed by atoms with Gasteiger partial charge in [-0.05, 0) is 6.42 Å². The molecule has 2 rings (SSSR count). The smallest absolute Gasteiger partial charge is 0.123 e. The number of hydrogen-bond acceptors (Lipinski definition) is 4. The first-order valence-electron chi connectivity index (χ1n) is 6.32. The maximum absolute atomic E-state index is 10.4. The SMILES string of the molecule is CN(C)C(=S)c1ccc(-c2nc(CCC=O)cs2)cc1. The number of aromatic nitrogens is 1. The number of hydrogen-bond donors (Lipinski definition) is 0. The van der Waals surface area contributed by atoms with Gasteiger partial charge in [-0.15, -0.1) is 11.3 Å². The monoisotopic (exact) mass is 304 g/mol. The van der Waals surface area contributed by atoms with Crippen LogP contribution in [0, 0.1) is 0 Å². The van der Waals surface area contributed by atoms with Crippen LogP contribution in [0.1, 0.15) is 17.7 Å². The molecule has 0 saturated heterocycles. The lowest BCUT2D eigenvalue weighted by atomic mass is 10.1. The first kappa shape index (κ1) is 14.8. The van der Waals surface area contributed by atoms with Crippen molar-refractivity contribution in [2.24, 2.45) is 0 Å². The van der Waals surface area contributed by atoms with Crippen LogP contribution in [0.15, 0.2) is 29.6 Å². The Bertz CT molecular complexity index is 603. The minimum Gasteiger partial charge on any atom is -0.368 e. The third-order valence-electron chi connectivity index (χ3n) is 2.86. The van der Waals surface area contributed by atoms with Gasteiger partial charge in [0, 0.05) is 37.0 Å². The number of nitrogens with zero attached hydrogens (tertiary/aromatic N) is 2. The predicted molar refractivity (Wildman–Crippen MR) is 87.3 cm³/mol. The molecular weight excluding hydrogens is 288 g/mol. The highest BCUT2D eigenvalue weighted by molar-refractivity contribution is 7.80. The van der Waals surface area contributed by atoms with E-state index in [1.54, 1.807) is 11.3 Å². The van der Waals surface area contributed by atoms with Gasteiger partial charge in [-0.25, -0.2) is 4.98 Å². The van der Waals surface area contributed by atoms with Crippen LogP contribution in [0.5, 0.6) is 0 Å². The summed E-state index contributed by atoms with van der Waals surface area (Å²) in [7, 11) is 3.88. The molecule has 20 heavy (non-hydrogen) atoms. The molecule has 2 aromatic rings. The summed E-state index contributed by atoms with van der Waals surface area (Å²) in [4.78, 5) is 17.7. The summed E-state index contributed by atoms with van der Waals surface area (Å²) in [5.74, 6) is 0. The van der Waals surface area contributed by atoms with E-state index in [9.17, 15) is 4.79 Å². The molecule has 5 heteroatoms.